The number of ketones is 1. The molecule has 1 N–H and O–H groups in total. The average molecular weight is 704 g/mol. The molecule has 4 aromatic rings. The van der Waals surface area contributed by atoms with Crippen molar-refractivity contribution in [1.29, 1.82) is 0 Å². The molecule has 2 fully saturated rings. The number of nitrogens with one attached hydrogen (secondary N) is 1. The Kier molecular flexibility index (Phi) is 9.26. The number of halogens is 1. The van der Waals surface area contributed by atoms with Gasteiger partial charge >= 0.3 is 0 Å². The Labute approximate surface area is 279 Å². The minimum absolute atomic E-state index is 0.175. The van der Waals surface area contributed by atoms with Gasteiger partial charge in [0.05, 0.1) is 37.2 Å². The Hall–Kier alpha value is -4.40. The molecular formula is C33H35BrN8O5. The van der Waals surface area contributed by atoms with E-state index in [1.807, 2.05) is 25.1 Å². The molecule has 4 aromatic heterocycles. The number of rotatable bonds is 12. The van der Waals surface area contributed by atoms with E-state index in [1.165, 1.54) is 11.6 Å². The van der Waals surface area contributed by atoms with Crippen molar-refractivity contribution in [2.75, 3.05) is 25.6 Å². The highest BCUT2D eigenvalue weighted by molar-refractivity contribution is 9.10. The predicted octanol–water partition coefficient (Wildman–Crippen LogP) is 4.29. The van der Waals surface area contributed by atoms with Crippen LogP contribution in [-0.2, 0) is 32.2 Å². The van der Waals surface area contributed by atoms with Crippen molar-refractivity contribution in [2.24, 2.45) is 5.41 Å². The van der Waals surface area contributed by atoms with Crippen LogP contribution in [0.2, 0.25) is 0 Å². The second kappa shape index (κ2) is 13.4. The maximum absolute atomic E-state index is 14.2. The number of Topliss-reactive ketones (excluding diaryl/α,β-unsaturated/α-hetero) is 1. The molecular weight excluding hydrogens is 668 g/mol. The van der Waals surface area contributed by atoms with Crippen LogP contribution in [-0.4, -0.2) is 84.6 Å². The number of ether oxygens (including phenoxy) is 2. The van der Waals surface area contributed by atoms with Gasteiger partial charge in [-0.25, -0.2) is 15.0 Å². The number of carbonyl (C=O) groups is 3. The quantitative estimate of drug-likeness (QED) is 0.0978. The summed E-state index contributed by atoms with van der Waals surface area (Å²) in [4.78, 5) is 59.9. The van der Waals surface area contributed by atoms with Gasteiger partial charge in [0.1, 0.15) is 34.5 Å². The molecule has 47 heavy (non-hydrogen) atoms. The molecule has 1 aliphatic heterocycles. The van der Waals surface area contributed by atoms with E-state index in [9.17, 15) is 14.4 Å². The Morgan fingerprint density at radius 1 is 1.15 bits per heavy atom. The van der Waals surface area contributed by atoms with Crippen LogP contribution < -0.4 is 5.32 Å². The fraction of sp³-hybridized carbons (Fsp3) is 0.394. The van der Waals surface area contributed by atoms with Crippen molar-refractivity contribution in [3.63, 3.8) is 0 Å². The van der Waals surface area contributed by atoms with Crippen molar-refractivity contribution in [3.8, 4) is 11.3 Å². The Morgan fingerprint density at radius 2 is 1.94 bits per heavy atom. The van der Waals surface area contributed by atoms with E-state index in [0.717, 1.165) is 6.42 Å². The van der Waals surface area contributed by atoms with E-state index >= 15 is 0 Å². The lowest BCUT2D eigenvalue weighted by atomic mass is 10.00. The van der Waals surface area contributed by atoms with Gasteiger partial charge < -0.3 is 19.7 Å². The summed E-state index contributed by atoms with van der Waals surface area (Å²) < 4.78 is 13.3. The Bertz CT molecular complexity index is 1880. The number of fused-ring (bicyclic) bond motifs is 2. The van der Waals surface area contributed by atoms with Crippen LogP contribution in [0.3, 0.4) is 0 Å². The van der Waals surface area contributed by atoms with Gasteiger partial charge in [0.25, 0.3) is 0 Å². The number of hydrogen-bond donors (Lipinski definition) is 1. The minimum Gasteiger partial charge on any atom is -0.380 e. The first-order valence-electron chi connectivity index (χ1n) is 15.3. The number of aryl methyl sites for hydroxylation is 1. The predicted molar refractivity (Wildman–Crippen MR) is 176 cm³/mol. The summed E-state index contributed by atoms with van der Waals surface area (Å²) in [5.41, 5.74) is 2.40. The zero-order chi connectivity index (χ0) is 33.3. The number of anilines is 1. The second-order valence-corrected chi connectivity index (χ2v) is 12.7. The molecule has 1 aliphatic carbocycles. The first-order valence-corrected chi connectivity index (χ1v) is 16.0. The van der Waals surface area contributed by atoms with Crippen molar-refractivity contribution in [2.45, 2.75) is 58.8 Å². The number of amides is 2. The van der Waals surface area contributed by atoms with Gasteiger partial charge in [0, 0.05) is 54.4 Å². The second-order valence-electron chi connectivity index (χ2n) is 11.9. The lowest BCUT2D eigenvalue weighted by molar-refractivity contribution is -0.138. The third-order valence-electron chi connectivity index (χ3n) is 8.67. The number of allylic oxidation sites excluding steroid dienone is 1. The van der Waals surface area contributed by atoms with Gasteiger partial charge in [-0.1, -0.05) is 18.2 Å². The van der Waals surface area contributed by atoms with E-state index < -0.39 is 6.04 Å². The third kappa shape index (κ3) is 6.58. The van der Waals surface area contributed by atoms with E-state index in [2.05, 4.69) is 46.3 Å². The molecule has 3 atom stereocenters. The van der Waals surface area contributed by atoms with Crippen molar-refractivity contribution >= 4 is 50.2 Å². The van der Waals surface area contributed by atoms with Gasteiger partial charge in [-0.2, -0.15) is 5.10 Å². The Balaban J connectivity index is 1.29. The molecule has 0 bridgehead atoms. The molecule has 1 saturated carbocycles. The van der Waals surface area contributed by atoms with Gasteiger partial charge in [-0.3, -0.25) is 24.0 Å². The molecule has 2 amide bonds. The summed E-state index contributed by atoms with van der Waals surface area (Å²) in [5.74, 6) is 0.111. The van der Waals surface area contributed by atoms with Crippen molar-refractivity contribution < 1.29 is 23.9 Å². The molecule has 14 heteroatoms. The SMILES string of the molecule is C/C=C/COC[C@@]12C[C@@H](C(=O)Nc3nc(Br)ccc3COC)N(C(=O)Cn3nc(C(C)=O)c4cc(-c5cnc(C)nc5)ncc43)[C@@H]1C2. The van der Waals surface area contributed by atoms with Crippen LogP contribution in [0.5, 0.6) is 0 Å². The molecule has 2 aliphatic rings. The van der Waals surface area contributed by atoms with Crippen LogP contribution in [0.1, 0.15) is 48.6 Å². The standard InChI is InChI=1S/C33H35BrN8O5/c1-5-6-9-47-18-33-11-25(32(45)39-31-21(17-46-4)7-8-28(34)38-31)42(27(33)12-33)29(44)16-41-26-15-37-24(22-13-35-20(3)36-14-22)10-23(26)30(40-41)19(2)43/h5-8,10,13-15,25,27H,9,11-12,16-18H2,1-4H3,(H,38,39,45)/b6-5+/t25-,27+,33-/m0/s1. The van der Waals surface area contributed by atoms with Gasteiger partial charge in [0.2, 0.25) is 11.8 Å². The number of aromatic nitrogens is 6. The van der Waals surface area contributed by atoms with Crippen molar-refractivity contribution in [1.82, 2.24) is 34.6 Å². The summed E-state index contributed by atoms with van der Waals surface area (Å²) in [5, 5.41) is 8.05. The normalized spacial score (nSPS) is 20.1. The van der Waals surface area contributed by atoms with Gasteiger partial charge in [-0.05, 0) is 54.8 Å². The van der Waals surface area contributed by atoms with E-state index in [0.29, 0.717) is 63.6 Å². The number of hydrogen-bond acceptors (Lipinski definition) is 10. The fourth-order valence-corrected chi connectivity index (χ4v) is 6.55. The highest BCUT2D eigenvalue weighted by Crippen LogP contribution is 2.60. The molecule has 0 spiro atoms. The minimum atomic E-state index is -0.761. The summed E-state index contributed by atoms with van der Waals surface area (Å²) in [7, 11) is 1.57. The Morgan fingerprint density at radius 3 is 2.66 bits per heavy atom. The molecule has 244 valence electrons. The molecule has 0 aromatic carbocycles. The number of piperidine rings is 1. The first-order chi connectivity index (χ1) is 22.6. The number of carbonyl (C=O) groups excluding carboxylic acids is 3. The summed E-state index contributed by atoms with van der Waals surface area (Å²) >= 11 is 3.38. The lowest BCUT2D eigenvalue weighted by Gasteiger charge is -2.27. The number of likely N-dealkylation sites (tertiary alicyclic amines) is 1. The maximum Gasteiger partial charge on any atom is 0.248 e. The van der Waals surface area contributed by atoms with Crippen molar-refractivity contribution in [3.05, 3.63) is 70.6 Å². The molecule has 1 saturated heterocycles. The van der Waals surface area contributed by atoms with Crippen LogP contribution in [0.4, 0.5) is 5.82 Å². The highest BCUT2D eigenvalue weighted by Gasteiger charge is 2.67. The topological polar surface area (TPSA) is 154 Å². The number of methoxy groups -OCH3 is 1. The summed E-state index contributed by atoms with van der Waals surface area (Å²) in [6, 6.07) is 4.42. The van der Waals surface area contributed by atoms with Crippen LogP contribution >= 0.6 is 15.9 Å². The van der Waals surface area contributed by atoms with E-state index in [4.69, 9.17) is 9.47 Å². The molecule has 5 heterocycles. The summed E-state index contributed by atoms with van der Waals surface area (Å²) in [6.07, 6.45) is 9.95. The third-order valence-corrected chi connectivity index (χ3v) is 9.11. The van der Waals surface area contributed by atoms with Gasteiger partial charge in [0.15, 0.2) is 5.78 Å². The first kappa shape index (κ1) is 32.5. The van der Waals surface area contributed by atoms with E-state index in [1.54, 1.807) is 49.7 Å². The zero-order valence-electron chi connectivity index (χ0n) is 26.6. The number of pyridine rings is 2. The average Bonchev–Trinajstić information content (AvgIpc) is 3.46. The largest absolute Gasteiger partial charge is 0.380 e. The molecule has 0 unspecified atom stereocenters. The monoisotopic (exact) mass is 702 g/mol. The van der Waals surface area contributed by atoms with Crippen LogP contribution in [0.15, 0.2) is 53.5 Å². The molecule has 0 radical (unpaired) electrons. The molecule has 6 rings (SSSR count). The fourth-order valence-electron chi connectivity index (χ4n) is 6.24. The lowest BCUT2D eigenvalue weighted by Crippen LogP contribution is -2.47. The maximum atomic E-state index is 14.2. The number of nitrogens with zero attached hydrogens (tertiary/aromatic N) is 7. The summed E-state index contributed by atoms with van der Waals surface area (Å²) in [6.45, 7) is 6.11. The smallest absolute Gasteiger partial charge is 0.248 e. The molecule has 13 nitrogen and oxygen atoms in total. The van der Waals surface area contributed by atoms with E-state index in [-0.39, 0.29) is 47.9 Å². The highest BCUT2D eigenvalue weighted by atomic mass is 79.9. The van der Waals surface area contributed by atoms with Crippen LogP contribution in [0.25, 0.3) is 22.2 Å². The zero-order valence-corrected chi connectivity index (χ0v) is 28.2. The van der Waals surface area contributed by atoms with Gasteiger partial charge in [-0.15, -0.1) is 0 Å². The van der Waals surface area contributed by atoms with Crippen LogP contribution in [0, 0.1) is 12.3 Å².